The Morgan fingerprint density at radius 1 is 1.26 bits per heavy atom. The van der Waals surface area contributed by atoms with Gasteiger partial charge in [-0.25, -0.2) is 0 Å². The Morgan fingerprint density at radius 3 is 2.47 bits per heavy atom. The van der Waals surface area contributed by atoms with Gasteiger partial charge >= 0.3 is 0 Å². The Kier molecular flexibility index (Phi) is 4.00. The van der Waals surface area contributed by atoms with Gasteiger partial charge in [0.2, 0.25) is 5.91 Å². The first kappa shape index (κ1) is 13.3. The van der Waals surface area contributed by atoms with Gasteiger partial charge in [-0.05, 0) is 31.0 Å². The van der Waals surface area contributed by atoms with E-state index in [1.54, 1.807) is 15.8 Å². The number of amides is 1. The molecule has 1 heterocycles. The molecular weight excluding hydrogens is 238 g/mol. The van der Waals surface area contributed by atoms with E-state index < -0.39 is 0 Å². The van der Waals surface area contributed by atoms with E-state index in [0.29, 0.717) is 13.1 Å². The first-order valence-electron chi connectivity index (χ1n) is 6.47. The van der Waals surface area contributed by atoms with Crippen molar-refractivity contribution in [1.82, 2.24) is 9.78 Å². The summed E-state index contributed by atoms with van der Waals surface area (Å²) in [6.45, 7) is 6.39. The average molecular weight is 257 g/mol. The molecule has 2 rings (SSSR count). The van der Waals surface area contributed by atoms with Gasteiger partial charge in [-0.1, -0.05) is 25.1 Å². The first-order valence-corrected chi connectivity index (χ1v) is 6.47. The number of rotatable bonds is 4. The standard InChI is InChI=1S/C15H19N3O/c1-4-14(19)18(11-17-10-6-9-16-17)15-12(2)7-5-8-13(15)3/h5-10H,4,11H2,1-3H3. The monoisotopic (exact) mass is 257 g/mol. The van der Waals surface area contributed by atoms with Crippen LogP contribution in [0.2, 0.25) is 0 Å². The Balaban J connectivity index is 2.40. The number of hydrogen-bond donors (Lipinski definition) is 0. The molecule has 4 heteroatoms. The summed E-state index contributed by atoms with van der Waals surface area (Å²) >= 11 is 0. The van der Waals surface area contributed by atoms with Crippen LogP contribution in [0.15, 0.2) is 36.7 Å². The minimum Gasteiger partial charge on any atom is -0.292 e. The molecule has 4 nitrogen and oxygen atoms in total. The third-order valence-electron chi connectivity index (χ3n) is 3.16. The van der Waals surface area contributed by atoms with Crippen LogP contribution in [0.5, 0.6) is 0 Å². The molecule has 1 aromatic heterocycles. The maximum atomic E-state index is 12.2. The van der Waals surface area contributed by atoms with Crippen LogP contribution in [0.25, 0.3) is 0 Å². The lowest BCUT2D eigenvalue weighted by molar-refractivity contribution is -0.118. The number of anilines is 1. The summed E-state index contributed by atoms with van der Waals surface area (Å²) in [5.41, 5.74) is 3.20. The van der Waals surface area contributed by atoms with Crippen molar-refractivity contribution in [2.24, 2.45) is 0 Å². The zero-order valence-electron chi connectivity index (χ0n) is 11.6. The maximum Gasteiger partial charge on any atom is 0.228 e. The number of carbonyl (C=O) groups excluding carboxylic acids is 1. The van der Waals surface area contributed by atoms with Crippen molar-refractivity contribution in [3.63, 3.8) is 0 Å². The molecule has 0 fully saturated rings. The van der Waals surface area contributed by atoms with E-state index in [1.807, 2.05) is 51.2 Å². The molecule has 19 heavy (non-hydrogen) atoms. The van der Waals surface area contributed by atoms with E-state index in [0.717, 1.165) is 16.8 Å². The molecule has 100 valence electrons. The van der Waals surface area contributed by atoms with E-state index in [2.05, 4.69) is 5.10 Å². The van der Waals surface area contributed by atoms with Crippen molar-refractivity contribution < 1.29 is 4.79 Å². The molecule has 0 aliphatic rings. The van der Waals surface area contributed by atoms with E-state index in [4.69, 9.17) is 0 Å². The normalized spacial score (nSPS) is 10.5. The molecule has 0 bridgehead atoms. The second-order valence-corrected chi connectivity index (χ2v) is 4.60. The summed E-state index contributed by atoms with van der Waals surface area (Å²) in [6.07, 6.45) is 4.07. The summed E-state index contributed by atoms with van der Waals surface area (Å²) in [6, 6.07) is 7.93. The molecule has 0 aliphatic carbocycles. The fourth-order valence-corrected chi connectivity index (χ4v) is 2.23. The highest BCUT2D eigenvalue weighted by Gasteiger charge is 2.18. The highest BCUT2D eigenvalue weighted by molar-refractivity contribution is 5.94. The lowest BCUT2D eigenvalue weighted by Gasteiger charge is -2.26. The maximum absolute atomic E-state index is 12.2. The van der Waals surface area contributed by atoms with Gasteiger partial charge in [0.1, 0.15) is 6.67 Å². The third kappa shape index (κ3) is 2.84. The van der Waals surface area contributed by atoms with Crippen LogP contribution in [0.1, 0.15) is 24.5 Å². The zero-order chi connectivity index (χ0) is 13.8. The molecular formula is C15H19N3O. The highest BCUT2D eigenvalue weighted by Crippen LogP contribution is 2.25. The fourth-order valence-electron chi connectivity index (χ4n) is 2.23. The minimum atomic E-state index is 0.105. The molecule has 0 saturated carbocycles. The van der Waals surface area contributed by atoms with Crippen molar-refractivity contribution >= 4 is 11.6 Å². The van der Waals surface area contributed by atoms with Gasteiger partial charge in [0.25, 0.3) is 0 Å². The van der Waals surface area contributed by atoms with Gasteiger partial charge in [0.05, 0.1) is 5.69 Å². The van der Waals surface area contributed by atoms with E-state index in [9.17, 15) is 4.79 Å². The van der Waals surface area contributed by atoms with Crippen LogP contribution in [0, 0.1) is 13.8 Å². The molecule has 1 amide bonds. The number of nitrogens with zero attached hydrogens (tertiary/aromatic N) is 3. The van der Waals surface area contributed by atoms with Crippen molar-refractivity contribution in [2.45, 2.75) is 33.9 Å². The molecule has 1 aromatic carbocycles. The largest absolute Gasteiger partial charge is 0.292 e. The first-order chi connectivity index (χ1) is 9.13. The Hall–Kier alpha value is -2.10. The molecule has 0 aliphatic heterocycles. The summed E-state index contributed by atoms with van der Waals surface area (Å²) in [4.78, 5) is 14.0. The minimum absolute atomic E-state index is 0.105. The lowest BCUT2D eigenvalue weighted by atomic mass is 10.1. The quantitative estimate of drug-likeness (QED) is 0.844. The Bertz CT molecular complexity index is 541. The van der Waals surface area contributed by atoms with Crippen LogP contribution in [0.3, 0.4) is 0 Å². The summed E-state index contributed by atoms with van der Waals surface area (Å²) in [5.74, 6) is 0.105. The van der Waals surface area contributed by atoms with Crippen molar-refractivity contribution in [2.75, 3.05) is 4.90 Å². The van der Waals surface area contributed by atoms with Crippen molar-refractivity contribution in [1.29, 1.82) is 0 Å². The summed E-state index contributed by atoms with van der Waals surface area (Å²) in [5, 5.41) is 4.18. The summed E-state index contributed by atoms with van der Waals surface area (Å²) in [7, 11) is 0. The fraction of sp³-hybridized carbons (Fsp3) is 0.333. The molecule has 0 radical (unpaired) electrons. The molecule has 0 N–H and O–H groups in total. The van der Waals surface area contributed by atoms with E-state index >= 15 is 0 Å². The van der Waals surface area contributed by atoms with Gasteiger partial charge < -0.3 is 0 Å². The average Bonchev–Trinajstić information content (AvgIpc) is 2.89. The van der Waals surface area contributed by atoms with Gasteiger partial charge in [0, 0.05) is 18.8 Å². The van der Waals surface area contributed by atoms with Gasteiger partial charge in [-0.15, -0.1) is 0 Å². The smallest absolute Gasteiger partial charge is 0.228 e. The van der Waals surface area contributed by atoms with Crippen LogP contribution < -0.4 is 4.90 Å². The Morgan fingerprint density at radius 2 is 1.95 bits per heavy atom. The molecule has 2 aromatic rings. The van der Waals surface area contributed by atoms with Crippen molar-refractivity contribution in [3.05, 3.63) is 47.8 Å². The number of carbonyl (C=O) groups is 1. The van der Waals surface area contributed by atoms with Crippen LogP contribution >= 0.6 is 0 Å². The predicted molar refractivity (Wildman–Crippen MR) is 75.9 cm³/mol. The number of hydrogen-bond acceptors (Lipinski definition) is 2. The lowest BCUT2D eigenvalue weighted by Crippen LogP contribution is -2.33. The predicted octanol–water partition coefficient (Wildman–Crippen LogP) is 2.90. The van der Waals surface area contributed by atoms with Gasteiger partial charge in [-0.2, -0.15) is 5.10 Å². The highest BCUT2D eigenvalue weighted by atomic mass is 16.2. The third-order valence-corrected chi connectivity index (χ3v) is 3.16. The number of aryl methyl sites for hydroxylation is 2. The van der Waals surface area contributed by atoms with Crippen LogP contribution in [-0.4, -0.2) is 15.7 Å². The SMILES string of the molecule is CCC(=O)N(Cn1cccn1)c1c(C)cccc1C. The second-order valence-electron chi connectivity index (χ2n) is 4.60. The topological polar surface area (TPSA) is 38.1 Å². The van der Waals surface area contributed by atoms with E-state index in [1.165, 1.54) is 0 Å². The molecule has 0 unspecified atom stereocenters. The van der Waals surface area contributed by atoms with Gasteiger partial charge in [-0.3, -0.25) is 14.4 Å². The van der Waals surface area contributed by atoms with Gasteiger partial charge in [0.15, 0.2) is 0 Å². The van der Waals surface area contributed by atoms with Crippen molar-refractivity contribution in [3.8, 4) is 0 Å². The molecule has 0 atom stereocenters. The summed E-state index contributed by atoms with van der Waals surface area (Å²) < 4.78 is 1.76. The van der Waals surface area contributed by atoms with E-state index in [-0.39, 0.29) is 5.91 Å². The Labute approximate surface area is 113 Å². The number of para-hydroxylation sites is 1. The molecule has 0 spiro atoms. The molecule has 0 saturated heterocycles. The second kappa shape index (κ2) is 5.69. The number of aromatic nitrogens is 2. The number of benzene rings is 1. The van der Waals surface area contributed by atoms with Crippen LogP contribution in [0.4, 0.5) is 5.69 Å². The van der Waals surface area contributed by atoms with Crippen LogP contribution in [-0.2, 0) is 11.5 Å². The zero-order valence-corrected chi connectivity index (χ0v) is 11.6.